The topological polar surface area (TPSA) is 61.8 Å². The SMILES string of the molecule is CCCCCCCOc1ccc(C(C)C(Cc2ccccc2)(C(=O)OCC)C(=O)OCC)cc1. The van der Waals surface area contributed by atoms with Crippen molar-refractivity contribution in [3.8, 4) is 5.75 Å². The van der Waals surface area contributed by atoms with Crippen molar-refractivity contribution >= 4 is 11.9 Å². The molecular weight excluding hydrogens is 428 g/mol. The summed E-state index contributed by atoms with van der Waals surface area (Å²) < 4.78 is 16.8. The highest BCUT2D eigenvalue weighted by atomic mass is 16.6. The molecule has 0 aromatic heterocycles. The normalized spacial score (nSPS) is 12.1. The van der Waals surface area contributed by atoms with E-state index >= 15 is 0 Å². The van der Waals surface area contributed by atoms with Crippen LogP contribution in [0.4, 0.5) is 0 Å². The van der Waals surface area contributed by atoms with Crippen LogP contribution in [0.3, 0.4) is 0 Å². The maximum absolute atomic E-state index is 13.4. The number of unbranched alkanes of at least 4 members (excludes halogenated alkanes) is 4. The van der Waals surface area contributed by atoms with E-state index in [0.717, 1.165) is 23.3 Å². The van der Waals surface area contributed by atoms with E-state index in [9.17, 15) is 9.59 Å². The Kier molecular flexibility index (Phi) is 11.7. The Morgan fingerprint density at radius 3 is 1.94 bits per heavy atom. The quantitative estimate of drug-likeness (QED) is 0.170. The smallest absolute Gasteiger partial charge is 0.324 e. The van der Waals surface area contributed by atoms with Crippen molar-refractivity contribution in [2.45, 2.75) is 72.1 Å². The fourth-order valence-corrected chi connectivity index (χ4v) is 4.20. The average molecular weight is 469 g/mol. The van der Waals surface area contributed by atoms with Gasteiger partial charge in [-0.25, -0.2) is 0 Å². The van der Waals surface area contributed by atoms with Crippen LogP contribution in [0.5, 0.6) is 5.75 Å². The minimum Gasteiger partial charge on any atom is -0.494 e. The zero-order valence-electron chi connectivity index (χ0n) is 21.2. The number of hydrogen-bond acceptors (Lipinski definition) is 5. The molecule has 0 heterocycles. The van der Waals surface area contributed by atoms with Crippen molar-refractivity contribution in [1.29, 1.82) is 0 Å². The van der Waals surface area contributed by atoms with E-state index in [2.05, 4.69) is 6.92 Å². The molecule has 0 aliphatic carbocycles. The molecule has 1 unspecified atom stereocenters. The molecule has 5 heteroatoms. The van der Waals surface area contributed by atoms with Crippen molar-refractivity contribution in [2.75, 3.05) is 19.8 Å². The van der Waals surface area contributed by atoms with Crippen molar-refractivity contribution < 1.29 is 23.8 Å². The highest BCUT2D eigenvalue weighted by Gasteiger charge is 2.53. The summed E-state index contributed by atoms with van der Waals surface area (Å²) in [7, 11) is 0. The second-order valence-corrected chi connectivity index (χ2v) is 8.63. The lowest BCUT2D eigenvalue weighted by Crippen LogP contribution is -2.47. The maximum atomic E-state index is 13.4. The van der Waals surface area contributed by atoms with Crippen LogP contribution in [0.2, 0.25) is 0 Å². The highest BCUT2D eigenvalue weighted by Crippen LogP contribution is 2.42. The third-order valence-corrected chi connectivity index (χ3v) is 6.24. The van der Waals surface area contributed by atoms with Crippen LogP contribution < -0.4 is 4.74 Å². The van der Waals surface area contributed by atoms with E-state index in [1.807, 2.05) is 61.5 Å². The predicted octanol–water partition coefficient (Wildman–Crippen LogP) is 6.49. The van der Waals surface area contributed by atoms with Gasteiger partial charge >= 0.3 is 11.9 Å². The van der Waals surface area contributed by atoms with Crippen LogP contribution >= 0.6 is 0 Å². The number of ether oxygens (including phenoxy) is 3. The van der Waals surface area contributed by atoms with Crippen LogP contribution in [-0.4, -0.2) is 31.8 Å². The van der Waals surface area contributed by atoms with Gasteiger partial charge in [-0.1, -0.05) is 82.0 Å². The Morgan fingerprint density at radius 2 is 1.38 bits per heavy atom. The van der Waals surface area contributed by atoms with Gasteiger partial charge in [0.1, 0.15) is 5.75 Å². The van der Waals surface area contributed by atoms with Gasteiger partial charge in [-0.2, -0.15) is 0 Å². The van der Waals surface area contributed by atoms with E-state index < -0.39 is 23.3 Å². The first kappa shape index (κ1) is 27.4. The zero-order valence-corrected chi connectivity index (χ0v) is 21.2. The first-order valence-corrected chi connectivity index (χ1v) is 12.6. The molecule has 0 amide bonds. The molecule has 0 aliphatic rings. The molecule has 0 fully saturated rings. The Morgan fingerprint density at radius 1 is 0.794 bits per heavy atom. The molecule has 0 spiro atoms. The molecule has 0 bridgehead atoms. The summed E-state index contributed by atoms with van der Waals surface area (Å²) in [6.45, 7) is 8.64. The van der Waals surface area contributed by atoms with Gasteiger partial charge in [0.15, 0.2) is 5.41 Å². The van der Waals surface area contributed by atoms with Gasteiger partial charge in [-0.15, -0.1) is 0 Å². The van der Waals surface area contributed by atoms with E-state index in [1.54, 1.807) is 13.8 Å². The van der Waals surface area contributed by atoms with Gasteiger partial charge in [0.2, 0.25) is 0 Å². The molecule has 1 atom stereocenters. The number of esters is 2. The number of carbonyl (C=O) groups is 2. The third-order valence-electron chi connectivity index (χ3n) is 6.24. The van der Waals surface area contributed by atoms with Crippen LogP contribution in [0, 0.1) is 5.41 Å². The molecule has 0 aliphatic heterocycles. The predicted molar refractivity (Wildman–Crippen MR) is 135 cm³/mol. The monoisotopic (exact) mass is 468 g/mol. The summed E-state index contributed by atoms with van der Waals surface area (Å²) in [6.07, 6.45) is 6.13. The minimum atomic E-state index is -1.49. The summed E-state index contributed by atoms with van der Waals surface area (Å²) in [6, 6.07) is 17.2. The molecule has 186 valence electrons. The minimum absolute atomic E-state index is 0.187. The second-order valence-electron chi connectivity index (χ2n) is 8.63. The first-order valence-electron chi connectivity index (χ1n) is 12.6. The van der Waals surface area contributed by atoms with Gasteiger partial charge in [-0.3, -0.25) is 9.59 Å². The highest BCUT2D eigenvalue weighted by molar-refractivity contribution is 6.01. The Bertz CT molecular complexity index is 842. The summed E-state index contributed by atoms with van der Waals surface area (Å²) >= 11 is 0. The second kappa shape index (κ2) is 14.4. The number of carbonyl (C=O) groups excluding carboxylic acids is 2. The molecule has 5 nitrogen and oxygen atoms in total. The third kappa shape index (κ3) is 7.34. The lowest BCUT2D eigenvalue weighted by atomic mass is 9.69. The fourth-order valence-electron chi connectivity index (χ4n) is 4.20. The summed E-state index contributed by atoms with van der Waals surface area (Å²) in [4.78, 5) is 26.7. The molecule has 34 heavy (non-hydrogen) atoms. The number of rotatable bonds is 15. The molecule has 0 saturated carbocycles. The van der Waals surface area contributed by atoms with Crippen molar-refractivity contribution in [1.82, 2.24) is 0 Å². The van der Waals surface area contributed by atoms with E-state index in [4.69, 9.17) is 14.2 Å². The van der Waals surface area contributed by atoms with Gasteiger partial charge in [0, 0.05) is 5.92 Å². The zero-order chi connectivity index (χ0) is 24.8. The van der Waals surface area contributed by atoms with E-state index in [1.165, 1.54) is 25.7 Å². The lowest BCUT2D eigenvalue weighted by Gasteiger charge is -2.35. The molecular formula is C29H40O5. The molecule has 2 aromatic rings. The lowest BCUT2D eigenvalue weighted by molar-refractivity contribution is -0.174. The first-order chi connectivity index (χ1) is 16.5. The summed E-state index contributed by atoms with van der Waals surface area (Å²) in [5.41, 5.74) is 0.237. The molecule has 0 saturated heterocycles. The fraction of sp³-hybridized carbons (Fsp3) is 0.517. The number of benzene rings is 2. The molecule has 2 aromatic carbocycles. The summed E-state index contributed by atoms with van der Waals surface area (Å²) in [5, 5.41) is 0. The Labute approximate surface area is 204 Å². The number of hydrogen-bond donors (Lipinski definition) is 0. The van der Waals surface area contributed by atoms with Gasteiger partial charge in [0.05, 0.1) is 19.8 Å². The summed E-state index contributed by atoms with van der Waals surface area (Å²) in [5.74, 6) is -0.796. The van der Waals surface area contributed by atoms with Crippen molar-refractivity contribution in [2.24, 2.45) is 5.41 Å². The Hall–Kier alpha value is -2.82. The van der Waals surface area contributed by atoms with Crippen LogP contribution in [-0.2, 0) is 25.5 Å². The Balaban J connectivity index is 2.28. The van der Waals surface area contributed by atoms with Crippen LogP contribution in [0.15, 0.2) is 54.6 Å². The van der Waals surface area contributed by atoms with Crippen LogP contribution in [0.1, 0.15) is 76.8 Å². The van der Waals surface area contributed by atoms with Gasteiger partial charge in [-0.05, 0) is 49.9 Å². The van der Waals surface area contributed by atoms with Crippen molar-refractivity contribution in [3.05, 3.63) is 65.7 Å². The van der Waals surface area contributed by atoms with E-state index in [-0.39, 0.29) is 19.6 Å². The largest absolute Gasteiger partial charge is 0.494 e. The van der Waals surface area contributed by atoms with Crippen molar-refractivity contribution in [3.63, 3.8) is 0 Å². The van der Waals surface area contributed by atoms with Gasteiger partial charge < -0.3 is 14.2 Å². The average Bonchev–Trinajstić information content (AvgIpc) is 2.85. The molecule has 0 radical (unpaired) electrons. The molecule has 0 N–H and O–H groups in total. The van der Waals surface area contributed by atoms with Crippen LogP contribution in [0.25, 0.3) is 0 Å². The maximum Gasteiger partial charge on any atom is 0.324 e. The standard InChI is InChI=1S/C29H40O5/c1-5-8-9-10-14-21-34-26-19-17-25(18-20-26)23(4)29(27(30)32-6-2,28(31)33-7-3)22-24-15-12-11-13-16-24/h11-13,15-20,23H,5-10,14,21-22H2,1-4H3. The van der Waals surface area contributed by atoms with Gasteiger partial charge in [0.25, 0.3) is 0 Å². The van der Waals surface area contributed by atoms with E-state index in [0.29, 0.717) is 6.61 Å². The molecule has 2 rings (SSSR count).